The van der Waals surface area contributed by atoms with Crippen LogP contribution in [0.15, 0.2) is 35.5 Å². The maximum absolute atomic E-state index is 12.2. The first-order valence-electron chi connectivity index (χ1n) is 6.00. The number of Topliss-reactive ketones (excluding diaryl/α,β-unsaturated/α-hetero) is 1. The van der Waals surface area contributed by atoms with Gasteiger partial charge in [0.05, 0.1) is 18.4 Å². The van der Waals surface area contributed by atoms with E-state index in [1.54, 1.807) is 25.3 Å². The molecule has 1 aromatic carbocycles. The number of methoxy groups -OCH3 is 1. The Kier molecular flexibility index (Phi) is 4.57. The highest BCUT2D eigenvalue weighted by Gasteiger charge is 2.13. The number of aromatic nitrogens is 2. The Morgan fingerprint density at radius 1 is 1.35 bits per heavy atom. The third-order valence-corrected chi connectivity index (χ3v) is 3.44. The Balaban J connectivity index is 2.08. The van der Waals surface area contributed by atoms with Crippen LogP contribution in [0.4, 0.5) is 5.82 Å². The van der Waals surface area contributed by atoms with Crippen molar-refractivity contribution in [2.45, 2.75) is 12.1 Å². The topological polar surface area (TPSA) is 78.1 Å². The molecule has 2 rings (SSSR count). The predicted octanol–water partition coefficient (Wildman–Crippen LogP) is 2.35. The molecule has 2 aromatic rings. The molecule has 0 aliphatic heterocycles. The molecule has 0 radical (unpaired) electrons. The Hall–Kier alpha value is -2.08. The smallest absolute Gasteiger partial charge is 0.190 e. The predicted molar refractivity (Wildman–Crippen MR) is 79.2 cm³/mol. The van der Waals surface area contributed by atoms with Gasteiger partial charge in [-0.1, -0.05) is 23.9 Å². The van der Waals surface area contributed by atoms with Crippen molar-refractivity contribution in [3.8, 4) is 5.75 Å². The molecule has 0 unspecified atom stereocenters. The first-order chi connectivity index (χ1) is 9.60. The average Bonchev–Trinajstić information content (AvgIpc) is 2.43. The number of carbonyl (C=O) groups is 1. The molecule has 0 saturated carbocycles. The summed E-state index contributed by atoms with van der Waals surface area (Å²) in [6.07, 6.45) is 0. The fourth-order valence-corrected chi connectivity index (χ4v) is 2.51. The number of para-hydroxylation sites is 1. The van der Waals surface area contributed by atoms with Crippen LogP contribution in [0, 0.1) is 6.92 Å². The highest BCUT2D eigenvalue weighted by molar-refractivity contribution is 7.99. The van der Waals surface area contributed by atoms with Gasteiger partial charge in [0.15, 0.2) is 10.9 Å². The molecule has 0 fully saturated rings. The fraction of sp³-hybridized carbons (Fsp3) is 0.214. The van der Waals surface area contributed by atoms with E-state index in [1.807, 2.05) is 19.1 Å². The highest BCUT2D eigenvalue weighted by atomic mass is 32.2. The SMILES string of the molecule is COc1ccccc1C(=O)CSc1nc(C)cc(N)n1. The van der Waals surface area contributed by atoms with Gasteiger partial charge in [0.1, 0.15) is 11.6 Å². The van der Waals surface area contributed by atoms with E-state index in [2.05, 4.69) is 9.97 Å². The molecule has 1 aromatic heterocycles. The van der Waals surface area contributed by atoms with Gasteiger partial charge >= 0.3 is 0 Å². The van der Waals surface area contributed by atoms with Crippen molar-refractivity contribution in [2.24, 2.45) is 0 Å². The number of ether oxygens (including phenoxy) is 1. The van der Waals surface area contributed by atoms with Crippen molar-refractivity contribution in [3.63, 3.8) is 0 Å². The largest absolute Gasteiger partial charge is 0.496 e. The third kappa shape index (κ3) is 3.48. The van der Waals surface area contributed by atoms with Crippen molar-refractivity contribution in [1.29, 1.82) is 0 Å². The summed E-state index contributed by atoms with van der Waals surface area (Å²) in [5, 5.41) is 0.505. The number of anilines is 1. The summed E-state index contributed by atoms with van der Waals surface area (Å²) < 4.78 is 5.18. The number of hydrogen-bond donors (Lipinski definition) is 1. The van der Waals surface area contributed by atoms with Crippen LogP contribution < -0.4 is 10.5 Å². The lowest BCUT2D eigenvalue weighted by atomic mass is 10.1. The van der Waals surface area contributed by atoms with Gasteiger partial charge in [-0.2, -0.15) is 0 Å². The second kappa shape index (κ2) is 6.38. The molecule has 6 heteroatoms. The molecule has 20 heavy (non-hydrogen) atoms. The van der Waals surface area contributed by atoms with Gasteiger partial charge in [-0.15, -0.1) is 0 Å². The Bertz CT molecular complexity index is 611. The summed E-state index contributed by atoms with van der Waals surface area (Å²) in [7, 11) is 1.55. The Morgan fingerprint density at radius 2 is 2.10 bits per heavy atom. The highest BCUT2D eigenvalue weighted by Crippen LogP contribution is 2.22. The van der Waals surface area contributed by atoms with E-state index in [0.29, 0.717) is 22.3 Å². The minimum Gasteiger partial charge on any atom is -0.496 e. The minimum atomic E-state index is -0.0314. The molecule has 0 amide bonds. The van der Waals surface area contributed by atoms with Crippen LogP contribution in [-0.2, 0) is 0 Å². The van der Waals surface area contributed by atoms with Gasteiger partial charge in [-0.3, -0.25) is 4.79 Å². The summed E-state index contributed by atoms with van der Waals surface area (Å²) in [4.78, 5) is 20.5. The molecule has 2 N–H and O–H groups in total. The lowest BCUT2D eigenvalue weighted by Gasteiger charge is -2.07. The van der Waals surface area contributed by atoms with Crippen LogP contribution in [0.3, 0.4) is 0 Å². The number of nitrogen functional groups attached to an aromatic ring is 1. The summed E-state index contributed by atoms with van der Waals surface area (Å²) in [6.45, 7) is 1.84. The monoisotopic (exact) mass is 289 g/mol. The average molecular weight is 289 g/mol. The molecule has 1 heterocycles. The number of thioether (sulfide) groups is 1. The van der Waals surface area contributed by atoms with Crippen molar-refractivity contribution < 1.29 is 9.53 Å². The molecule has 0 atom stereocenters. The van der Waals surface area contributed by atoms with Crippen LogP contribution in [-0.4, -0.2) is 28.6 Å². The number of rotatable bonds is 5. The van der Waals surface area contributed by atoms with Gasteiger partial charge in [0, 0.05) is 11.8 Å². The fourth-order valence-electron chi connectivity index (χ4n) is 1.71. The zero-order chi connectivity index (χ0) is 14.5. The van der Waals surface area contributed by atoms with Gasteiger partial charge in [-0.05, 0) is 19.1 Å². The first kappa shape index (κ1) is 14.3. The molecular weight excluding hydrogens is 274 g/mol. The third-order valence-electron chi connectivity index (χ3n) is 2.59. The van der Waals surface area contributed by atoms with E-state index in [9.17, 15) is 4.79 Å². The number of nitrogens with two attached hydrogens (primary N) is 1. The summed E-state index contributed by atoms with van der Waals surface area (Å²) in [6, 6.07) is 8.83. The van der Waals surface area contributed by atoms with Crippen LogP contribution in [0.1, 0.15) is 16.1 Å². The van der Waals surface area contributed by atoms with E-state index >= 15 is 0 Å². The van der Waals surface area contributed by atoms with E-state index < -0.39 is 0 Å². The van der Waals surface area contributed by atoms with E-state index in [1.165, 1.54) is 11.8 Å². The molecular formula is C14H15N3O2S. The van der Waals surface area contributed by atoms with Crippen molar-refractivity contribution >= 4 is 23.4 Å². The minimum absolute atomic E-state index is 0.0314. The zero-order valence-corrected chi connectivity index (χ0v) is 12.1. The van der Waals surface area contributed by atoms with Crippen LogP contribution in [0.2, 0.25) is 0 Å². The van der Waals surface area contributed by atoms with Crippen molar-refractivity contribution in [2.75, 3.05) is 18.6 Å². The second-order valence-corrected chi connectivity index (χ2v) is 5.07. The number of benzene rings is 1. The standard InChI is InChI=1S/C14H15N3O2S/c1-9-7-13(15)17-14(16-9)20-8-11(18)10-5-3-4-6-12(10)19-2/h3-7H,8H2,1-2H3,(H2,15,16,17). The number of nitrogens with zero attached hydrogens (tertiary/aromatic N) is 2. The van der Waals surface area contributed by atoms with Gasteiger partial charge in [0.25, 0.3) is 0 Å². The lowest BCUT2D eigenvalue weighted by Crippen LogP contribution is -2.06. The molecule has 104 valence electrons. The normalized spacial score (nSPS) is 10.3. The summed E-state index contributed by atoms with van der Waals surface area (Å²) in [5.41, 5.74) is 6.99. The first-order valence-corrected chi connectivity index (χ1v) is 6.99. The summed E-state index contributed by atoms with van der Waals surface area (Å²) in [5.74, 6) is 1.19. The second-order valence-electron chi connectivity index (χ2n) is 4.13. The maximum Gasteiger partial charge on any atom is 0.190 e. The Labute approximate surface area is 121 Å². The zero-order valence-electron chi connectivity index (χ0n) is 11.3. The van der Waals surface area contributed by atoms with E-state index in [-0.39, 0.29) is 11.5 Å². The lowest BCUT2D eigenvalue weighted by molar-refractivity contribution is 0.101. The molecule has 5 nitrogen and oxygen atoms in total. The molecule has 0 aliphatic rings. The number of aryl methyl sites for hydroxylation is 1. The van der Waals surface area contributed by atoms with Crippen LogP contribution in [0.5, 0.6) is 5.75 Å². The van der Waals surface area contributed by atoms with Gasteiger partial charge in [0.2, 0.25) is 0 Å². The van der Waals surface area contributed by atoms with Crippen LogP contribution >= 0.6 is 11.8 Å². The Morgan fingerprint density at radius 3 is 2.80 bits per heavy atom. The van der Waals surface area contributed by atoms with Crippen molar-refractivity contribution in [3.05, 3.63) is 41.6 Å². The molecule has 0 spiro atoms. The number of carbonyl (C=O) groups excluding carboxylic acids is 1. The molecule has 0 aliphatic carbocycles. The quantitative estimate of drug-likeness (QED) is 0.517. The van der Waals surface area contributed by atoms with Gasteiger partial charge < -0.3 is 10.5 Å². The molecule has 0 bridgehead atoms. The number of ketones is 1. The van der Waals surface area contributed by atoms with Gasteiger partial charge in [-0.25, -0.2) is 9.97 Å². The van der Waals surface area contributed by atoms with Crippen LogP contribution in [0.25, 0.3) is 0 Å². The molecule has 0 saturated heterocycles. The van der Waals surface area contributed by atoms with E-state index in [0.717, 1.165) is 5.69 Å². The van der Waals surface area contributed by atoms with Crippen molar-refractivity contribution in [1.82, 2.24) is 9.97 Å². The van der Waals surface area contributed by atoms with E-state index in [4.69, 9.17) is 10.5 Å². The number of hydrogen-bond acceptors (Lipinski definition) is 6. The maximum atomic E-state index is 12.2. The summed E-state index contributed by atoms with van der Waals surface area (Å²) >= 11 is 1.26.